The number of hydrogen-bond donors (Lipinski definition) is 1. The van der Waals surface area contributed by atoms with Gasteiger partial charge in [-0.2, -0.15) is 0 Å². The van der Waals surface area contributed by atoms with Gasteiger partial charge in [-0.1, -0.05) is 42.5 Å². The van der Waals surface area contributed by atoms with Gasteiger partial charge < -0.3 is 14.4 Å². The summed E-state index contributed by atoms with van der Waals surface area (Å²) in [6.07, 6.45) is 1.14. The summed E-state index contributed by atoms with van der Waals surface area (Å²) in [4.78, 5) is 26.3. The minimum atomic E-state index is -0.506. The Morgan fingerprint density at radius 2 is 1.87 bits per heavy atom. The van der Waals surface area contributed by atoms with Crippen LogP contribution in [0.15, 0.2) is 54.6 Å². The van der Waals surface area contributed by atoms with Crippen LogP contribution in [0.25, 0.3) is 0 Å². The molecule has 1 aliphatic heterocycles. The van der Waals surface area contributed by atoms with Gasteiger partial charge in [-0.3, -0.25) is 5.32 Å². The molecule has 2 amide bonds. The Morgan fingerprint density at radius 3 is 2.60 bits per heavy atom. The zero-order valence-electron chi connectivity index (χ0n) is 17.9. The van der Waals surface area contributed by atoms with E-state index in [-0.39, 0.29) is 18.6 Å². The molecule has 6 heteroatoms. The third-order valence-electron chi connectivity index (χ3n) is 4.89. The van der Waals surface area contributed by atoms with Crippen LogP contribution in [0.4, 0.5) is 15.3 Å². The summed E-state index contributed by atoms with van der Waals surface area (Å²) < 4.78 is 10.8. The van der Waals surface area contributed by atoms with Crippen LogP contribution < -0.4 is 5.32 Å². The van der Waals surface area contributed by atoms with E-state index >= 15 is 0 Å². The highest BCUT2D eigenvalue weighted by Crippen LogP contribution is 2.29. The molecule has 160 valence electrons. The summed E-state index contributed by atoms with van der Waals surface area (Å²) in [5, 5.41) is 2.79. The smallest absolute Gasteiger partial charge is 0.411 e. The van der Waals surface area contributed by atoms with Crippen molar-refractivity contribution in [3.05, 3.63) is 65.7 Å². The van der Waals surface area contributed by atoms with Gasteiger partial charge in [0.2, 0.25) is 0 Å². The second-order valence-corrected chi connectivity index (χ2v) is 8.58. The fraction of sp³-hybridized carbons (Fsp3) is 0.417. The van der Waals surface area contributed by atoms with Crippen LogP contribution in [0.5, 0.6) is 0 Å². The standard InChI is InChI=1S/C24H30N2O4/c1-24(2,3)30-23(28)26-14-8-12-20(16-26)19-11-7-13-21(15-19)25-22(27)29-17-18-9-5-4-6-10-18/h4-7,9-11,13,15,20H,8,12,14,16-17H2,1-3H3,(H,25,27). The molecule has 0 bridgehead atoms. The summed E-state index contributed by atoms with van der Waals surface area (Å²) in [7, 11) is 0. The van der Waals surface area contributed by atoms with Gasteiger partial charge in [-0.15, -0.1) is 0 Å². The van der Waals surface area contributed by atoms with Crippen LogP contribution in [0.2, 0.25) is 0 Å². The Morgan fingerprint density at radius 1 is 1.10 bits per heavy atom. The zero-order chi connectivity index (χ0) is 21.6. The molecule has 1 saturated heterocycles. The molecule has 1 fully saturated rings. The monoisotopic (exact) mass is 410 g/mol. The highest BCUT2D eigenvalue weighted by atomic mass is 16.6. The molecule has 1 unspecified atom stereocenters. The van der Waals surface area contributed by atoms with E-state index in [4.69, 9.17) is 9.47 Å². The van der Waals surface area contributed by atoms with E-state index in [0.717, 1.165) is 24.0 Å². The highest BCUT2D eigenvalue weighted by molar-refractivity contribution is 5.84. The number of likely N-dealkylation sites (tertiary alicyclic amines) is 1. The van der Waals surface area contributed by atoms with Crippen molar-refractivity contribution in [2.75, 3.05) is 18.4 Å². The Hall–Kier alpha value is -3.02. The normalized spacial score (nSPS) is 16.6. The van der Waals surface area contributed by atoms with Gasteiger partial charge in [0.15, 0.2) is 0 Å². The molecule has 0 saturated carbocycles. The minimum absolute atomic E-state index is 0.202. The highest BCUT2D eigenvalue weighted by Gasteiger charge is 2.28. The fourth-order valence-electron chi connectivity index (χ4n) is 3.49. The predicted octanol–water partition coefficient (Wildman–Crippen LogP) is 5.55. The molecule has 3 rings (SSSR count). The van der Waals surface area contributed by atoms with Crippen LogP contribution in [-0.2, 0) is 16.1 Å². The number of anilines is 1. The lowest BCUT2D eigenvalue weighted by Crippen LogP contribution is -2.42. The molecule has 1 heterocycles. The lowest BCUT2D eigenvalue weighted by molar-refractivity contribution is 0.0198. The van der Waals surface area contributed by atoms with Crippen molar-refractivity contribution >= 4 is 17.9 Å². The average molecular weight is 411 g/mol. The molecule has 6 nitrogen and oxygen atoms in total. The first kappa shape index (κ1) is 21.7. The van der Waals surface area contributed by atoms with Crippen LogP contribution >= 0.6 is 0 Å². The average Bonchev–Trinajstić information content (AvgIpc) is 2.72. The molecule has 30 heavy (non-hydrogen) atoms. The lowest BCUT2D eigenvalue weighted by atomic mass is 9.90. The molecule has 0 aliphatic carbocycles. The number of nitrogens with zero attached hydrogens (tertiary/aromatic N) is 1. The van der Waals surface area contributed by atoms with Gasteiger partial charge in [0.05, 0.1) is 0 Å². The second-order valence-electron chi connectivity index (χ2n) is 8.58. The Balaban J connectivity index is 1.57. The van der Waals surface area contributed by atoms with Crippen molar-refractivity contribution < 1.29 is 19.1 Å². The fourth-order valence-corrected chi connectivity index (χ4v) is 3.49. The number of ether oxygens (including phenoxy) is 2. The Bertz CT molecular complexity index is 861. The van der Waals surface area contributed by atoms with Gasteiger partial charge >= 0.3 is 12.2 Å². The first-order chi connectivity index (χ1) is 14.3. The number of nitrogens with one attached hydrogen (secondary N) is 1. The molecule has 1 aliphatic rings. The summed E-state index contributed by atoms with van der Waals surface area (Å²) in [5.74, 6) is 0.202. The second kappa shape index (κ2) is 9.65. The quantitative estimate of drug-likeness (QED) is 0.717. The van der Waals surface area contributed by atoms with Crippen LogP contribution in [0, 0.1) is 0 Å². The molecular formula is C24H30N2O4. The number of rotatable bonds is 4. The Kier molecular flexibility index (Phi) is 6.98. The molecular weight excluding hydrogens is 380 g/mol. The van der Waals surface area contributed by atoms with Gasteiger partial charge in [0, 0.05) is 24.7 Å². The van der Waals surface area contributed by atoms with Gasteiger partial charge in [0.25, 0.3) is 0 Å². The van der Waals surface area contributed by atoms with Crippen molar-refractivity contribution in [2.24, 2.45) is 0 Å². The zero-order valence-corrected chi connectivity index (χ0v) is 17.9. The minimum Gasteiger partial charge on any atom is -0.444 e. The van der Waals surface area contributed by atoms with Crippen LogP contribution in [0.3, 0.4) is 0 Å². The van der Waals surface area contributed by atoms with Crippen LogP contribution in [0.1, 0.15) is 50.7 Å². The molecule has 0 spiro atoms. The third kappa shape index (κ3) is 6.51. The van der Waals surface area contributed by atoms with Crippen LogP contribution in [-0.4, -0.2) is 35.8 Å². The molecule has 1 N–H and O–H groups in total. The molecule has 2 aromatic carbocycles. The summed E-state index contributed by atoms with van der Waals surface area (Å²) in [6.45, 7) is 7.15. The number of amides is 2. The maximum absolute atomic E-state index is 12.4. The molecule has 1 atom stereocenters. The van der Waals surface area contributed by atoms with E-state index in [2.05, 4.69) is 5.32 Å². The lowest BCUT2D eigenvalue weighted by Gasteiger charge is -2.34. The van der Waals surface area contributed by atoms with E-state index in [0.29, 0.717) is 18.8 Å². The topological polar surface area (TPSA) is 67.9 Å². The van der Waals surface area contributed by atoms with E-state index in [1.807, 2.05) is 75.4 Å². The third-order valence-corrected chi connectivity index (χ3v) is 4.89. The molecule has 2 aromatic rings. The van der Waals surface area contributed by atoms with Crippen molar-refractivity contribution in [1.29, 1.82) is 0 Å². The summed E-state index contributed by atoms with van der Waals surface area (Å²) in [6, 6.07) is 17.3. The molecule has 0 radical (unpaired) electrons. The maximum Gasteiger partial charge on any atom is 0.411 e. The number of carbonyl (C=O) groups is 2. The van der Waals surface area contributed by atoms with E-state index < -0.39 is 11.7 Å². The number of hydrogen-bond acceptors (Lipinski definition) is 4. The molecule has 0 aromatic heterocycles. The number of benzene rings is 2. The summed E-state index contributed by atoms with van der Waals surface area (Å²) in [5.41, 5.74) is 2.20. The van der Waals surface area contributed by atoms with E-state index in [9.17, 15) is 9.59 Å². The first-order valence-corrected chi connectivity index (χ1v) is 10.4. The largest absolute Gasteiger partial charge is 0.444 e. The number of piperidine rings is 1. The Labute approximate surface area is 178 Å². The van der Waals surface area contributed by atoms with Crippen molar-refractivity contribution in [1.82, 2.24) is 4.90 Å². The predicted molar refractivity (Wildman–Crippen MR) is 116 cm³/mol. The SMILES string of the molecule is CC(C)(C)OC(=O)N1CCCC(c2cccc(NC(=O)OCc3ccccc3)c2)C1. The van der Waals surface area contributed by atoms with Gasteiger partial charge in [-0.25, -0.2) is 9.59 Å². The van der Waals surface area contributed by atoms with Gasteiger partial charge in [0.1, 0.15) is 12.2 Å². The van der Waals surface area contributed by atoms with Gasteiger partial charge in [-0.05, 0) is 56.9 Å². The van der Waals surface area contributed by atoms with E-state index in [1.54, 1.807) is 4.90 Å². The van der Waals surface area contributed by atoms with E-state index in [1.165, 1.54) is 0 Å². The van der Waals surface area contributed by atoms with Crippen molar-refractivity contribution in [2.45, 2.75) is 51.7 Å². The first-order valence-electron chi connectivity index (χ1n) is 10.4. The van der Waals surface area contributed by atoms with Crippen molar-refractivity contribution in [3.8, 4) is 0 Å². The van der Waals surface area contributed by atoms with Crippen molar-refractivity contribution in [3.63, 3.8) is 0 Å². The maximum atomic E-state index is 12.4. The summed E-state index contributed by atoms with van der Waals surface area (Å²) >= 11 is 0. The number of carbonyl (C=O) groups excluding carboxylic acids is 2.